The average molecular weight is 267 g/mol. The summed E-state index contributed by atoms with van der Waals surface area (Å²) in [6.07, 6.45) is 5.92. The van der Waals surface area contributed by atoms with Crippen LogP contribution in [0.25, 0.3) is 0 Å². The first-order valence-electron chi connectivity index (χ1n) is 6.57. The molecule has 1 aliphatic heterocycles. The van der Waals surface area contributed by atoms with Crippen molar-refractivity contribution in [2.75, 3.05) is 23.4 Å². The van der Waals surface area contributed by atoms with Gasteiger partial charge in [0.1, 0.15) is 0 Å². The lowest BCUT2D eigenvalue weighted by molar-refractivity contribution is 0.513. The monoisotopic (exact) mass is 267 g/mol. The van der Waals surface area contributed by atoms with Gasteiger partial charge in [0.05, 0.1) is 0 Å². The van der Waals surface area contributed by atoms with E-state index in [1.807, 2.05) is 25.6 Å². The lowest BCUT2D eigenvalue weighted by atomic mass is 10.0. The minimum absolute atomic E-state index is 0.0160. The van der Waals surface area contributed by atoms with E-state index < -0.39 is 0 Å². The molecule has 4 nitrogen and oxygen atoms in total. The molecule has 0 radical (unpaired) electrons. The van der Waals surface area contributed by atoms with E-state index in [-0.39, 0.29) is 11.6 Å². The van der Waals surface area contributed by atoms with Gasteiger partial charge in [0.25, 0.3) is 5.56 Å². The molecule has 18 heavy (non-hydrogen) atoms. The van der Waals surface area contributed by atoms with E-state index >= 15 is 0 Å². The van der Waals surface area contributed by atoms with Gasteiger partial charge in [0.2, 0.25) is 0 Å². The Hall–Kier alpha value is -0.970. The summed E-state index contributed by atoms with van der Waals surface area (Å²) in [7, 11) is 0. The second-order valence-electron chi connectivity index (χ2n) is 5.02. The van der Waals surface area contributed by atoms with Crippen molar-refractivity contribution in [2.24, 2.45) is 5.92 Å². The lowest BCUT2D eigenvalue weighted by Gasteiger charge is -2.21. The minimum Gasteiger partial charge on any atom is -0.365 e. The number of thioether (sulfide) groups is 1. The molecule has 1 aromatic heterocycles. The standard InChI is InChI=1S/C13H21N3OS/c1-10(2)16-6-5-14-12(13(16)17)15-9-11-3-7-18-8-4-11/h5-6,10-11H,3-4,7-9H2,1-2H3,(H,14,15). The Labute approximate surface area is 112 Å². The predicted molar refractivity (Wildman–Crippen MR) is 77.4 cm³/mol. The van der Waals surface area contributed by atoms with Crippen molar-refractivity contribution in [2.45, 2.75) is 32.7 Å². The van der Waals surface area contributed by atoms with Crippen molar-refractivity contribution in [1.29, 1.82) is 0 Å². The molecule has 0 aliphatic carbocycles. The molecule has 2 heterocycles. The number of hydrogen-bond donors (Lipinski definition) is 1. The highest BCUT2D eigenvalue weighted by Gasteiger charge is 2.14. The molecule has 1 N–H and O–H groups in total. The van der Waals surface area contributed by atoms with Crippen LogP contribution in [-0.2, 0) is 0 Å². The highest BCUT2D eigenvalue weighted by molar-refractivity contribution is 7.99. The number of aromatic nitrogens is 2. The maximum absolute atomic E-state index is 12.1. The van der Waals surface area contributed by atoms with E-state index in [2.05, 4.69) is 10.3 Å². The Morgan fingerprint density at radius 2 is 2.22 bits per heavy atom. The van der Waals surface area contributed by atoms with Crippen LogP contribution in [0.2, 0.25) is 0 Å². The zero-order valence-electron chi connectivity index (χ0n) is 11.1. The van der Waals surface area contributed by atoms with E-state index in [1.165, 1.54) is 24.3 Å². The van der Waals surface area contributed by atoms with Crippen molar-refractivity contribution in [3.8, 4) is 0 Å². The molecule has 0 unspecified atom stereocenters. The second-order valence-corrected chi connectivity index (χ2v) is 6.24. The van der Waals surface area contributed by atoms with Crippen LogP contribution in [0.3, 0.4) is 0 Å². The molecule has 0 amide bonds. The van der Waals surface area contributed by atoms with E-state index in [1.54, 1.807) is 17.0 Å². The molecule has 100 valence electrons. The van der Waals surface area contributed by atoms with Gasteiger partial charge in [0.15, 0.2) is 5.82 Å². The highest BCUT2D eigenvalue weighted by Crippen LogP contribution is 2.22. The SMILES string of the molecule is CC(C)n1ccnc(NCC2CCSCC2)c1=O. The summed E-state index contributed by atoms with van der Waals surface area (Å²) in [4.78, 5) is 16.3. The van der Waals surface area contributed by atoms with Crippen LogP contribution >= 0.6 is 11.8 Å². The van der Waals surface area contributed by atoms with E-state index in [4.69, 9.17) is 0 Å². The Morgan fingerprint density at radius 1 is 1.50 bits per heavy atom. The molecule has 0 spiro atoms. The molecule has 2 rings (SSSR count). The first kappa shape index (κ1) is 13.5. The summed E-state index contributed by atoms with van der Waals surface area (Å²) in [5.41, 5.74) is -0.0160. The van der Waals surface area contributed by atoms with Crippen LogP contribution in [0.1, 0.15) is 32.7 Å². The Bertz CT molecular complexity index is 438. The Morgan fingerprint density at radius 3 is 2.89 bits per heavy atom. The maximum Gasteiger partial charge on any atom is 0.293 e. The first-order valence-corrected chi connectivity index (χ1v) is 7.72. The molecule has 0 aromatic carbocycles. The number of rotatable bonds is 4. The molecular weight excluding hydrogens is 246 g/mol. The van der Waals surface area contributed by atoms with Gasteiger partial charge >= 0.3 is 0 Å². The maximum atomic E-state index is 12.1. The normalized spacial score (nSPS) is 17.1. The van der Waals surface area contributed by atoms with E-state index in [9.17, 15) is 4.79 Å². The van der Waals surface area contributed by atoms with E-state index in [0.29, 0.717) is 11.7 Å². The first-order chi connectivity index (χ1) is 8.68. The fourth-order valence-electron chi connectivity index (χ4n) is 2.14. The summed E-state index contributed by atoms with van der Waals surface area (Å²) in [6, 6.07) is 0.173. The fraction of sp³-hybridized carbons (Fsp3) is 0.692. The summed E-state index contributed by atoms with van der Waals surface area (Å²) in [5, 5.41) is 3.22. The van der Waals surface area contributed by atoms with Crippen LogP contribution < -0.4 is 10.9 Å². The van der Waals surface area contributed by atoms with Gasteiger partial charge in [-0.1, -0.05) is 0 Å². The molecule has 1 fully saturated rings. The molecule has 1 aliphatic rings. The molecule has 5 heteroatoms. The fourth-order valence-corrected chi connectivity index (χ4v) is 3.35. The van der Waals surface area contributed by atoms with Crippen LogP contribution in [0.4, 0.5) is 5.82 Å². The van der Waals surface area contributed by atoms with Gasteiger partial charge in [-0.15, -0.1) is 0 Å². The van der Waals surface area contributed by atoms with Crippen molar-refractivity contribution < 1.29 is 0 Å². The van der Waals surface area contributed by atoms with Crippen LogP contribution in [0.15, 0.2) is 17.2 Å². The zero-order chi connectivity index (χ0) is 13.0. The van der Waals surface area contributed by atoms with Crippen molar-refractivity contribution >= 4 is 17.6 Å². The molecule has 1 saturated heterocycles. The predicted octanol–water partition coefficient (Wildman–Crippen LogP) is 2.38. The third kappa shape index (κ3) is 3.28. The van der Waals surface area contributed by atoms with Crippen molar-refractivity contribution in [1.82, 2.24) is 9.55 Å². The van der Waals surface area contributed by atoms with Crippen LogP contribution in [-0.4, -0.2) is 27.6 Å². The largest absolute Gasteiger partial charge is 0.365 e. The van der Waals surface area contributed by atoms with Gasteiger partial charge < -0.3 is 9.88 Å². The highest BCUT2D eigenvalue weighted by atomic mass is 32.2. The zero-order valence-corrected chi connectivity index (χ0v) is 11.9. The summed E-state index contributed by atoms with van der Waals surface area (Å²) >= 11 is 2.02. The Balaban J connectivity index is 2.00. The van der Waals surface area contributed by atoms with Gasteiger partial charge in [0, 0.05) is 25.0 Å². The summed E-state index contributed by atoms with van der Waals surface area (Å²) < 4.78 is 1.71. The molecule has 0 bridgehead atoms. The molecule has 1 aromatic rings. The number of anilines is 1. The van der Waals surface area contributed by atoms with Crippen LogP contribution in [0, 0.1) is 5.92 Å². The van der Waals surface area contributed by atoms with Gasteiger partial charge in [-0.3, -0.25) is 4.79 Å². The van der Waals surface area contributed by atoms with Gasteiger partial charge in [-0.05, 0) is 44.1 Å². The molecular formula is C13H21N3OS. The quantitative estimate of drug-likeness (QED) is 0.910. The lowest BCUT2D eigenvalue weighted by Crippen LogP contribution is -2.28. The number of hydrogen-bond acceptors (Lipinski definition) is 4. The van der Waals surface area contributed by atoms with Gasteiger partial charge in [-0.2, -0.15) is 11.8 Å². The molecule has 0 atom stereocenters. The third-order valence-corrected chi connectivity index (χ3v) is 4.37. The van der Waals surface area contributed by atoms with Crippen LogP contribution in [0.5, 0.6) is 0 Å². The van der Waals surface area contributed by atoms with Crippen molar-refractivity contribution in [3.05, 3.63) is 22.7 Å². The molecule has 0 saturated carbocycles. The third-order valence-electron chi connectivity index (χ3n) is 3.32. The second kappa shape index (κ2) is 6.27. The average Bonchev–Trinajstić information content (AvgIpc) is 2.38. The number of nitrogens with zero attached hydrogens (tertiary/aromatic N) is 2. The summed E-state index contributed by atoms with van der Waals surface area (Å²) in [6.45, 7) is 4.87. The Kier molecular flexibility index (Phi) is 4.69. The number of nitrogens with one attached hydrogen (secondary N) is 1. The van der Waals surface area contributed by atoms with Crippen molar-refractivity contribution in [3.63, 3.8) is 0 Å². The smallest absolute Gasteiger partial charge is 0.293 e. The topological polar surface area (TPSA) is 46.9 Å². The van der Waals surface area contributed by atoms with E-state index in [0.717, 1.165) is 6.54 Å². The minimum atomic E-state index is -0.0160. The van der Waals surface area contributed by atoms with Gasteiger partial charge in [-0.25, -0.2) is 4.98 Å². The summed E-state index contributed by atoms with van der Waals surface area (Å²) in [5.74, 6) is 3.65.